The lowest BCUT2D eigenvalue weighted by Crippen LogP contribution is -2.12. The average Bonchev–Trinajstić information content (AvgIpc) is 3.13. The molecule has 1 amide bonds. The van der Waals surface area contributed by atoms with Gasteiger partial charge in [-0.15, -0.1) is 0 Å². The third-order valence-corrected chi connectivity index (χ3v) is 5.80. The molecule has 0 saturated heterocycles. The molecule has 0 unspecified atom stereocenters. The number of carbonyl (C=O) groups is 1. The Morgan fingerprint density at radius 3 is 2.36 bits per heavy atom. The van der Waals surface area contributed by atoms with E-state index in [1.807, 2.05) is 61.5 Å². The van der Waals surface area contributed by atoms with Crippen molar-refractivity contribution in [2.75, 3.05) is 0 Å². The first kappa shape index (κ1) is 20.8. The number of alkyl halides is 3. The van der Waals surface area contributed by atoms with E-state index in [0.29, 0.717) is 11.1 Å². The molecule has 33 heavy (non-hydrogen) atoms. The van der Waals surface area contributed by atoms with Gasteiger partial charge in [0.2, 0.25) is 5.91 Å². The fourth-order valence-electron chi connectivity index (χ4n) is 4.32. The highest BCUT2D eigenvalue weighted by molar-refractivity contribution is 6.15. The van der Waals surface area contributed by atoms with E-state index in [0.717, 1.165) is 44.7 Å². The molecule has 0 radical (unpaired) electrons. The molecule has 0 aliphatic rings. The van der Waals surface area contributed by atoms with Crippen molar-refractivity contribution in [2.24, 2.45) is 5.73 Å². The topological polar surface area (TPSA) is 60.9 Å². The van der Waals surface area contributed by atoms with Gasteiger partial charge in [0.1, 0.15) is 5.69 Å². The summed E-state index contributed by atoms with van der Waals surface area (Å²) in [6, 6.07) is 21.4. The van der Waals surface area contributed by atoms with Crippen LogP contribution in [0.1, 0.15) is 21.6 Å². The largest absolute Gasteiger partial charge is 0.433 e. The smallest absolute Gasteiger partial charge is 0.366 e. The minimum atomic E-state index is -4.49. The lowest BCUT2D eigenvalue weighted by molar-refractivity contribution is -0.141. The van der Waals surface area contributed by atoms with Gasteiger partial charge in [0, 0.05) is 33.8 Å². The zero-order valence-electron chi connectivity index (χ0n) is 17.5. The van der Waals surface area contributed by atoms with Gasteiger partial charge in [-0.2, -0.15) is 13.2 Å². The summed E-state index contributed by atoms with van der Waals surface area (Å²) in [6.07, 6.45) is -3.23. The predicted octanol–water partition coefficient (Wildman–Crippen LogP) is 6.27. The van der Waals surface area contributed by atoms with Gasteiger partial charge in [0.15, 0.2) is 0 Å². The second-order valence-electron chi connectivity index (χ2n) is 7.85. The monoisotopic (exact) mass is 445 g/mol. The molecule has 2 N–H and O–H groups in total. The molecule has 2 aromatic heterocycles. The van der Waals surface area contributed by atoms with Crippen molar-refractivity contribution in [1.29, 1.82) is 0 Å². The van der Waals surface area contributed by atoms with Crippen molar-refractivity contribution in [1.82, 2.24) is 9.55 Å². The summed E-state index contributed by atoms with van der Waals surface area (Å²) >= 11 is 0. The first-order valence-electron chi connectivity index (χ1n) is 10.2. The van der Waals surface area contributed by atoms with Crippen LogP contribution in [0, 0.1) is 6.92 Å². The Morgan fingerprint density at radius 2 is 1.70 bits per heavy atom. The van der Waals surface area contributed by atoms with Gasteiger partial charge in [-0.1, -0.05) is 36.4 Å². The van der Waals surface area contributed by atoms with E-state index in [2.05, 4.69) is 9.55 Å². The van der Waals surface area contributed by atoms with Crippen LogP contribution >= 0.6 is 0 Å². The number of amides is 1. The van der Waals surface area contributed by atoms with Crippen molar-refractivity contribution in [3.05, 3.63) is 95.8 Å². The summed E-state index contributed by atoms with van der Waals surface area (Å²) in [5.74, 6) is -0.488. The second-order valence-corrected chi connectivity index (χ2v) is 7.85. The number of primary amides is 1. The molecular weight excluding hydrogens is 427 g/mol. The van der Waals surface area contributed by atoms with Crippen molar-refractivity contribution < 1.29 is 18.0 Å². The summed E-state index contributed by atoms with van der Waals surface area (Å²) in [5, 5.41) is 1.87. The van der Waals surface area contributed by atoms with Crippen molar-refractivity contribution >= 4 is 27.7 Å². The highest BCUT2D eigenvalue weighted by Crippen LogP contribution is 2.39. The number of hydrogen-bond donors (Lipinski definition) is 1. The lowest BCUT2D eigenvalue weighted by Gasteiger charge is -2.11. The maximum atomic E-state index is 13.0. The molecule has 0 aliphatic carbocycles. The van der Waals surface area contributed by atoms with Gasteiger partial charge in [-0.05, 0) is 54.4 Å². The Balaban J connectivity index is 1.78. The van der Waals surface area contributed by atoms with Crippen LogP contribution in [0.15, 0.2) is 79.0 Å². The third-order valence-electron chi connectivity index (χ3n) is 5.80. The number of para-hydroxylation sites is 1. The van der Waals surface area contributed by atoms with Crippen LogP contribution in [0.5, 0.6) is 0 Å². The van der Waals surface area contributed by atoms with E-state index >= 15 is 0 Å². The fraction of sp³-hybridized carbons (Fsp3) is 0.0769. The molecule has 0 bridgehead atoms. The minimum absolute atomic E-state index is 0.455. The quantitative estimate of drug-likeness (QED) is 0.356. The number of halogens is 3. The van der Waals surface area contributed by atoms with E-state index in [4.69, 9.17) is 5.73 Å². The van der Waals surface area contributed by atoms with Crippen LogP contribution < -0.4 is 5.73 Å². The van der Waals surface area contributed by atoms with Gasteiger partial charge in [0.05, 0.1) is 11.0 Å². The molecule has 0 saturated carbocycles. The summed E-state index contributed by atoms with van der Waals surface area (Å²) in [5.41, 5.74) is 9.81. The normalized spacial score (nSPS) is 11.9. The van der Waals surface area contributed by atoms with Crippen molar-refractivity contribution in [3.63, 3.8) is 0 Å². The first-order valence-corrected chi connectivity index (χ1v) is 10.2. The van der Waals surface area contributed by atoms with E-state index < -0.39 is 17.8 Å². The van der Waals surface area contributed by atoms with E-state index in [-0.39, 0.29) is 0 Å². The number of aryl methyl sites for hydroxylation is 1. The Labute approximate surface area is 187 Å². The van der Waals surface area contributed by atoms with E-state index in [1.165, 1.54) is 12.3 Å². The number of nitrogens with zero attached hydrogens (tertiary/aromatic N) is 2. The number of aromatic nitrogens is 2. The molecule has 0 aliphatic heterocycles. The zero-order valence-corrected chi connectivity index (χ0v) is 17.5. The van der Waals surface area contributed by atoms with Crippen molar-refractivity contribution in [3.8, 4) is 16.8 Å². The minimum Gasteiger partial charge on any atom is -0.366 e. The number of carbonyl (C=O) groups excluding carboxylic acids is 1. The van der Waals surface area contributed by atoms with Crippen LogP contribution in [0.25, 0.3) is 38.6 Å². The highest BCUT2D eigenvalue weighted by Gasteiger charge is 2.32. The standard InChI is InChI=1S/C26H18F3N3O/c1-15-13-17(10-11-18(15)25(30)33)32-21-7-3-2-5-20(21)24-19(6-4-8-22(24)32)16-9-12-23(31-14-16)26(27,28)29/h2-14H,1H3,(H2,30,33). The number of nitrogens with two attached hydrogens (primary N) is 1. The Morgan fingerprint density at radius 1 is 0.939 bits per heavy atom. The van der Waals surface area contributed by atoms with Crippen LogP contribution in [-0.4, -0.2) is 15.5 Å². The van der Waals surface area contributed by atoms with E-state index in [1.54, 1.807) is 6.07 Å². The van der Waals surface area contributed by atoms with E-state index in [9.17, 15) is 18.0 Å². The molecule has 0 spiro atoms. The fourth-order valence-corrected chi connectivity index (χ4v) is 4.32. The molecule has 2 heterocycles. The molecule has 5 rings (SSSR count). The summed E-state index contributed by atoms with van der Waals surface area (Å²) < 4.78 is 41.0. The number of hydrogen-bond acceptors (Lipinski definition) is 2. The highest BCUT2D eigenvalue weighted by atomic mass is 19.4. The summed E-state index contributed by atoms with van der Waals surface area (Å²) in [6.45, 7) is 1.83. The zero-order chi connectivity index (χ0) is 23.3. The third kappa shape index (κ3) is 3.42. The number of fused-ring (bicyclic) bond motifs is 3. The molecule has 0 fully saturated rings. The Bertz CT molecular complexity index is 1530. The molecule has 4 nitrogen and oxygen atoms in total. The van der Waals surface area contributed by atoms with Crippen LogP contribution in [-0.2, 0) is 6.18 Å². The maximum absolute atomic E-state index is 13.0. The number of benzene rings is 3. The number of rotatable bonds is 3. The predicted molar refractivity (Wildman–Crippen MR) is 122 cm³/mol. The molecule has 3 aromatic carbocycles. The Kier molecular flexibility index (Phi) is 4.70. The van der Waals surface area contributed by atoms with Gasteiger partial charge in [0.25, 0.3) is 0 Å². The molecule has 164 valence electrons. The first-order chi connectivity index (χ1) is 15.8. The summed E-state index contributed by atoms with van der Waals surface area (Å²) in [7, 11) is 0. The van der Waals surface area contributed by atoms with Gasteiger partial charge >= 0.3 is 6.18 Å². The second kappa shape index (κ2) is 7.48. The van der Waals surface area contributed by atoms with Gasteiger partial charge in [-0.25, -0.2) is 0 Å². The maximum Gasteiger partial charge on any atom is 0.433 e. The van der Waals surface area contributed by atoms with Crippen LogP contribution in [0.2, 0.25) is 0 Å². The van der Waals surface area contributed by atoms with Crippen LogP contribution in [0.3, 0.4) is 0 Å². The molecule has 5 aromatic rings. The molecule has 7 heteroatoms. The molecule has 0 atom stereocenters. The molecular formula is C26H18F3N3O. The Hall–Kier alpha value is -4.13. The van der Waals surface area contributed by atoms with Gasteiger partial charge in [-0.3, -0.25) is 9.78 Å². The number of pyridine rings is 1. The summed E-state index contributed by atoms with van der Waals surface area (Å²) in [4.78, 5) is 15.3. The average molecular weight is 445 g/mol. The van der Waals surface area contributed by atoms with Crippen molar-refractivity contribution in [2.45, 2.75) is 13.1 Å². The van der Waals surface area contributed by atoms with Crippen LogP contribution in [0.4, 0.5) is 13.2 Å². The SMILES string of the molecule is Cc1cc(-n2c3ccccc3c3c(-c4ccc(C(F)(F)F)nc4)cccc32)ccc1C(N)=O. The lowest BCUT2D eigenvalue weighted by atomic mass is 10.0. The van der Waals surface area contributed by atoms with Gasteiger partial charge < -0.3 is 10.3 Å².